The third-order valence-corrected chi connectivity index (χ3v) is 5.32. The number of nitrogen functional groups attached to an aromatic ring is 1. The average Bonchev–Trinajstić information content (AvgIpc) is 3.36. The van der Waals surface area contributed by atoms with Gasteiger partial charge in [0.1, 0.15) is 11.4 Å². The predicted octanol–water partition coefficient (Wildman–Crippen LogP) is 2.36. The van der Waals surface area contributed by atoms with Crippen molar-refractivity contribution in [1.82, 2.24) is 29.8 Å². The summed E-state index contributed by atoms with van der Waals surface area (Å²) in [6.07, 6.45) is 9.86. The SMILES string of the molecule is CN/C=C(\C=N)c1c(C(C)NC(=O)c2c(N)nn3c2NCC=C3)cc(Cl)c2cncn12. The fraction of sp³-hybridized carbons (Fsp3) is 0.200. The summed E-state index contributed by atoms with van der Waals surface area (Å²) in [6, 6.07) is 1.32. The molecule has 4 heterocycles. The number of halogens is 1. The lowest BCUT2D eigenvalue weighted by molar-refractivity contribution is 0.0941. The van der Waals surface area contributed by atoms with E-state index in [0.29, 0.717) is 34.2 Å². The first-order valence-corrected chi connectivity index (χ1v) is 9.96. The molecule has 0 saturated heterocycles. The highest BCUT2D eigenvalue weighted by Gasteiger charge is 2.26. The minimum atomic E-state index is -0.457. The maximum absolute atomic E-state index is 13.1. The number of nitrogens with one attached hydrogen (secondary N) is 4. The van der Waals surface area contributed by atoms with Crippen LogP contribution >= 0.6 is 11.6 Å². The van der Waals surface area contributed by atoms with Gasteiger partial charge in [-0.05, 0) is 19.1 Å². The van der Waals surface area contributed by atoms with Crippen molar-refractivity contribution in [3.63, 3.8) is 0 Å². The van der Waals surface area contributed by atoms with Gasteiger partial charge in [-0.25, -0.2) is 9.67 Å². The lowest BCUT2D eigenvalue weighted by atomic mass is 10.0. The van der Waals surface area contributed by atoms with Crippen molar-refractivity contribution in [2.45, 2.75) is 13.0 Å². The molecule has 0 spiro atoms. The quantitative estimate of drug-likeness (QED) is 0.374. The lowest BCUT2D eigenvalue weighted by Gasteiger charge is -2.21. The molecule has 11 heteroatoms. The number of rotatable bonds is 6. The summed E-state index contributed by atoms with van der Waals surface area (Å²) >= 11 is 6.48. The summed E-state index contributed by atoms with van der Waals surface area (Å²) in [5, 5.41) is 21.6. The van der Waals surface area contributed by atoms with E-state index in [0.717, 1.165) is 5.56 Å². The Morgan fingerprint density at radius 3 is 3.03 bits per heavy atom. The molecule has 0 radical (unpaired) electrons. The van der Waals surface area contributed by atoms with Crippen LogP contribution in [0.5, 0.6) is 0 Å². The third-order valence-electron chi connectivity index (χ3n) is 5.02. The van der Waals surface area contributed by atoms with Crippen LogP contribution in [-0.2, 0) is 0 Å². The summed E-state index contributed by atoms with van der Waals surface area (Å²) < 4.78 is 3.35. The van der Waals surface area contributed by atoms with Crippen molar-refractivity contribution >= 4 is 52.6 Å². The van der Waals surface area contributed by atoms with Gasteiger partial charge in [0.25, 0.3) is 5.91 Å². The Bertz CT molecular complexity index is 1240. The van der Waals surface area contributed by atoms with Crippen molar-refractivity contribution in [3.05, 3.63) is 52.7 Å². The van der Waals surface area contributed by atoms with Crippen molar-refractivity contribution in [3.8, 4) is 0 Å². The van der Waals surface area contributed by atoms with E-state index in [9.17, 15) is 4.79 Å². The molecule has 6 N–H and O–H groups in total. The fourth-order valence-electron chi connectivity index (χ4n) is 3.65. The molecule has 0 fully saturated rings. The van der Waals surface area contributed by atoms with Gasteiger partial charge < -0.3 is 27.1 Å². The number of carbonyl (C=O) groups excluding carboxylic acids is 1. The number of allylic oxidation sites excluding steroid dienone is 1. The van der Waals surface area contributed by atoms with Crippen LogP contribution in [0.4, 0.5) is 11.6 Å². The van der Waals surface area contributed by atoms with Crippen molar-refractivity contribution in [2.75, 3.05) is 24.6 Å². The fourth-order valence-corrected chi connectivity index (χ4v) is 3.90. The Labute approximate surface area is 183 Å². The number of aromatic nitrogens is 4. The number of carbonyl (C=O) groups is 1. The van der Waals surface area contributed by atoms with Gasteiger partial charge in [0.15, 0.2) is 5.82 Å². The molecule has 1 atom stereocenters. The van der Waals surface area contributed by atoms with Gasteiger partial charge in [0.05, 0.1) is 34.8 Å². The minimum Gasteiger partial charge on any atom is -0.393 e. The first kappa shape index (κ1) is 20.5. The third kappa shape index (κ3) is 3.50. The monoisotopic (exact) mass is 439 g/mol. The normalized spacial score (nSPS) is 14.1. The molecule has 1 aliphatic heterocycles. The zero-order chi connectivity index (χ0) is 22.1. The molecule has 0 saturated carbocycles. The van der Waals surface area contributed by atoms with Crippen LogP contribution < -0.4 is 21.7 Å². The molecular formula is C20H22ClN9O. The Morgan fingerprint density at radius 2 is 2.29 bits per heavy atom. The molecule has 1 aliphatic rings. The van der Waals surface area contributed by atoms with Crippen LogP contribution in [0.2, 0.25) is 5.02 Å². The van der Waals surface area contributed by atoms with Gasteiger partial charge in [-0.2, -0.15) is 0 Å². The van der Waals surface area contributed by atoms with Gasteiger partial charge in [0, 0.05) is 43.3 Å². The summed E-state index contributed by atoms with van der Waals surface area (Å²) in [6.45, 7) is 2.42. The summed E-state index contributed by atoms with van der Waals surface area (Å²) in [7, 11) is 1.75. The Hall–Kier alpha value is -3.79. The zero-order valence-corrected chi connectivity index (χ0v) is 17.7. The molecule has 160 valence electrons. The molecule has 4 rings (SSSR count). The number of anilines is 2. The van der Waals surface area contributed by atoms with Crippen LogP contribution in [0, 0.1) is 5.41 Å². The van der Waals surface area contributed by atoms with Crippen LogP contribution in [0.3, 0.4) is 0 Å². The number of nitrogens with zero attached hydrogens (tertiary/aromatic N) is 4. The number of hydrogen-bond acceptors (Lipinski definition) is 7. The van der Waals surface area contributed by atoms with Gasteiger partial charge in [-0.1, -0.05) is 11.6 Å². The molecular weight excluding hydrogens is 418 g/mol. The second-order valence-electron chi connectivity index (χ2n) is 6.99. The molecule has 3 aromatic rings. The molecule has 1 unspecified atom stereocenters. The van der Waals surface area contributed by atoms with Gasteiger partial charge >= 0.3 is 0 Å². The Balaban J connectivity index is 1.76. The highest BCUT2D eigenvalue weighted by atomic mass is 35.5. The number of fused-ring (bicyclic) bond motifs is 2. The smallest absolute Gasteiger partial charge is 0.259 e. The van der Waals surface area contributed by atoms with E-state index in [1.54, 1.807) is 47.1 Å². The maximum Gasteiger partial charge on any atom is 0.259 e. The van der Waals surface area contributed by atoms with Crippen LogP contribution in [0.1, 0.15) is 34.6 Å². The largest absolute Gasteiger partial charge is 0.393 e. The Kier molecular flexibility index (Phi) is 5.38. The standard InChI is InChI=1S/C20H22ClN9O/c1-11(27-20(31)16-18(23)28-30-5-3-4-26-19(16)30)13-6-14(21)15-9-25-10-29(15)17(13)12(7-22)8-24-2/h3,5-11,22,24,26H,4H2,1-2H3,(H2,23,28)(H,27,31)/b12-8+,22-7?. The first-order valence-electron chi connectivity index (χ1n) is 9.58. The Morgan fingerprint density at radius 1 is 1.48 bits per heavy atom. The predicted molar refractivity (Wildman–Crippen MR) is 122 cm³/mol. The van der Waals surface area contributed by atoms with Gasteiger partial charge in [-0.3, -0.25) is 9.20 Å². The number of pyridine rings is 1. The number of imidazole rings is 1. The van der Waals surface area contributed by atoms with E-state index in [-0.39, 0.29) is 17.3 Å². The first-order chi connectivity index (χ1) is 15.0. The summed E-state index contributed by atoms with van der Waals surface area (Å²) in [4.78, 5) is 17.3. The topological polar surface area (TPSA) is 138 Å². The minimum absolute atomic E-state index is 0.136. The van der Waals surface area contributed by atoms with Crippen LogP contribution in [0.15, 0.2) is 30.9 Å². The summed E-state index contributed by atoms with van der Waals surface area (Å²) in [5.41, 5.74) is 9.02. The number of hydrogen-bond donors (Lipinski definition) is 5. The second kappa shape index (κ2) is 8.15. The molecule has 0 aliphatic carbocycles. The molecule has 10 nitrogen and oxygen atoms in total. The van der Waals surface area contributed by atoms with Crippen molar-refractivity contribution in [2.24, 2.45) is 0 Å². The van der Waals surface area contributed by atoms with Crippen LogP contribution in [0.25, 0.3) is 17.3 Å². The highest BCUT2D eigenvalue weighted by Crippen LogP contribution is 2.31. The highest BCUT2D eigenvalue weighted by molar-refractivity contribution is 6.34. The summed E-state index contributed by atoms with van der Waals surface area (Å²) in [5.74, 6) is 0.316. The van der Waals surface area contributed by atoms with Crippen molar-refractivity contribution < 1.29 is 4.79 Å². The van der Waals surface area contributed by atoms with Gasteiger partial charge in [0.2, 0.25) is 0 Å². The van der Waals surface area contributed by atoms with E-state index in [1.807, 2.05) is 13.0 Å². The zero-order valence-electron chi connectivity index (χ0n) is 17.0. The number of amides is 1. The molecule has 0 bridgehead atoms. The second-order valence-corrected chi connectivity index (χ2v) is 7.40. The molecule has 31 heavy (non-hydrogen) atoms. The molecule has 3 aromatic heterocycles. The van der Waals surface area contributed by atoms with Crippen LogP contribution in [-0.4, -0.2) is 44.9 Å². The van der Waals surface area contributed by atoms with E-state index < -0.39 is 6.04 Å². The van der Waals surface area contributed by atoms with E-state index in [2.05, 4.69) is 26.0 Å². The average molecular weight is 440 g/mol. The number of nitrogens with two attached hydrogens (primary N) is 1. The van der Waals surface area contributed by atoms with Crippen molar-refractivity contribution in [1.29, 1.82) is 5.41 Å². The van der Waals surface area contributed by atoms with E-state index in [1.165, 1.54) is 6.21 Å². The lowest BCUT2D eigenvalue weighted by Crippen LogP contribution is -2.29. The van der Waals surface area contributed by atoms with E-state index in [4.69, 9.17) is 22.7 Å². The maximum atomic E-state index is 13.1. The van der Waals surface area contributed by atoms with Gasteiger partial charge in [-0.15, -0.1) is 5.10 Å². The molecule has 1 amide bonds. The van der Waals surface area contributed by atoms with E-state index >= 15 is 0 Å². The molecule has 0 aromatic carbocycles.